The zero-order valence-electron chi connectivity index (χ0n) is 16.0. The van der Waals surface area contributed by atoms with Gasteiger partial charge in [-0.15, -0.1) is 6.42 Å². The zero-order valence-corrected chi connectivity index (χ0v) is 16.8. The summed E-state index contributed by atoms with van der Waals surface area (Å²) in [7, 11) is 0. The summed E-state index contributed by atoms with van der Waals surface area (Å²) in [6.45, 7) is 1.45. The molecule has 1 heterocycles. The molecule has 0 spiro atoms. The number of anilines is 1. The second-order valence-corrected chi connectivity index (χ2v) is 7.33. The number of rotatable bonds is 6. The van der Waals surface area contributed by atoms with Gasteiger partial charge >= 0.3 is 5.91 Å². The quantitative estimate of drug-likeness (QED) is 0.742. The van der Waals surface area contributed by atoms with Gasteiger partial charge in [0.25, 0.3) is 0 Å². The third-order valence-electron chi connectivity index (χ3n) is 5.00. The largest absolute Gasteiger partial charge is 0.381 e. The highest BCUT2D eigenvalue weighted by molar-refractivity contribution is 6.31. The van der Waals surface area contributed by atoms with E-state index in [9.17, 15) is 9.59 Å². The number of terminal acetylenes is 1. The molecule has 29 heavy (non-hydrogen) atoms. The summed E-state index contributed by atoms with van der Waals surface area (Å²) in [5.41, 5.74) is 1.48. The van der Waals surface area contributed by atoms with Crippen LogP contribution in [0.5, 0.6) is 0 Å². The first kappa shape index (κ1) is 20.9. The number of halogens is 1. The van der Waals surface area contributed by atoms with E-state index >= 15 is 0 Å². The van der Waals surface area contributed by atoms with Gasteiger partial charge in [0.2, 0.25) is 5.91 Å². The van der Waals surface area contributed by atoms with Crippen LogP contribution in [0.15, 0.2) is 54.6 Å². The molecule has 2 aromatic carbocycles. The molecule has 0 aliphatic carbocycles. The van der Waals surface area contributed by atoms with Crippen LogP contribution < -0.4 is 10.2 Å². The normalized spacial score (nSPS) is 15.2. The molecule has 0 aromatic heterocycles. The first-order chi connectivity index (χ1) is 14.1. The van der Waals surface area contributed by atoms with Gasteiger partial charge in [-0.25, -0.2) is 0 Å². The van der Waals surface area contributed by atoms with Gasteiger partial charge in [-0.05, 0) is 48.4 Å². The molecule has 1 unspecified atom stereocenters. The van der Waals surface area contributed by atoms with Crippen molar-refractivity contribution in [2.24, 2.45) is 5.92 Å². The molecule has 5 nitrogen and oxygen atoms in total. The van der Waals surface area contributed by atoms with Gasteiger partial charge in [-0.3, -0.25) is 14.5 Å². The maximum atomic E-state index is 13.3. The molecule has 150 valence electrons. The lowest BCUT2D eigenvalue weighted by molar-refractivity contribution is -0.127. The van der Waals surface area contributed by atoms with Crippen LogP contribution in [0, 0.1) is 18.3 Å². The van der Waals surface area contributed by atoms with E-state index in [0.717, 1.165) is 5.56 Å². The van der Waals surface area contributed by atoms with Gasteiger partial charge in [-0.2, -0.15) is 0 Å². The number of benzene rings is 2. The van der Waals surface area contributed by atoms with E-state index in [4.69, 9.17) is 22.8 Å². The highest BCUT2D eigenvalue weighted by atomic mass is 35.5. The standard InChI is InChI=1S/C23H23ClN2O3/c1-2-21(27)26(20-10-6-9-19(24)15-20)22(18-11-13-29-14-12-18)23(28)25-16-17-7-4-3-5-8-17/h1,3-10,15,18,22H,11-14,16H2,(H,25,28). The zero-order chi connectivity index (χ0) is 20.6. The van der Waals surface area contributed by atoms with E-state index in [-0.39, 0.29) is 11.8 Å². The summed E-state index contributed by atoms with van der Waals surface area (Å²) >= 11 is 6.14. The fourth-order valence-corrected chi connectivity index (χ4v) is 3.75. The van der Waals surface area contributed by atoms with Crippen molar-refractivity contribution in [3.8, 4) is 12.3 Å². The number of amides is 2. The van der Waals surface area contributed by atoms with Gasteiger partial charge in [0.05, 0.1) is 0 Å². The van der Waals surface area contributed by atoms with Crippen molar-refractivity contribution in [2.45, 2.75) is 25.4 Å². The topological polar surface area (TPSA) is 58.6 Å². The molecule has 2 amide bonds. The van der Waals surface area contributed by atoms with Crippen molar-refractivity contribution in [3.63, 3.8) is 0 Å². The van der Waals surface area contributed by atoms with Crippen LogP contribution in [0.2, 0.25) is 5.02 Å². The van der Waals surface area contributed by atoms with Gasteiger partial charge in [0.15, 0.2) is 0 Å². The van der Waals surface area contributed by atoms with Crippen molar-refractivity contribution in [2.75, 3.05) is 18.1 Å². The van der Waals surface area contributed by atoms with Crippen LogP contribution >= 0.6 is 11.6 Å². The molecule has 1 aliphatic heterocycles. The fourth-order valence-electron chi connectivity index (χ4n) is 3.56. The minimum Gasteiger partial charge on any atom is -0.381 e. The number of carbonyl (C=O) groups is 2. The molecule has 0 saturated carbocycles. The van der Waals surface area contributed by atoms with Crippen molar-refractivity contribution in [3.05, 3.63) is 65.2 Å². The third-order valence-corrected chi connectivity index (χ3v) is 5.23. The fraction of sp³-hybridized carbons (Fsp3) is 0.304. The monoisotopic (exact) mass is 410 g/mol. The van der Waals surface area contributed by atoms with Crippen molar-refractivity contribution in [1.29, 1.82) is 0 Å². The first-order valence-electron chi connectivity index (χ1n) is 9.55. The predicted octanol–water partition coefficient (Wildman–Crippen LogP) is 3.42. The van der Waals surface area contributed by atoms with Crippen LogP contribution in [0.3, 0.4) is 0 Å². The van der Waals surface area contributed by atoms with E-state index in [2.05, 4.69) is 11.2 Å². The Labute approximate surface area is 176 Å². The lowest BCUT2D eigenvalue weighted by atomic mass is 9.89. The second-order valence-electron chi connectivity index (χ2n) is 6.90. The van der Waals surface area contributed by atoms with Gasteiger partial charge < -0.3 is 10.1 Å². The molecule has 0 bridgehead atoms. The minimum absolute atomic E-state index is 0.0733. The first-order valence-corrected chi connectivity index (χ1v) is 9.92. The second kappa shape index (κ2) is 10.1. The number of nitrogens with zero attached hydrogens (tertiary/aromatic N) is 1. The molecule has 1 saturated heterocycles. The Bertz CT molecular complexity index is 888. The molecular formula is C23H23ClN2O3. The van der Waals surface area contributed by atoms with E-state index in [1.165, 1.54) is 4.90 Å². The lowest BCUT2D eigenvalue weighted by Crippen LogP contribution is -2.54. The molecule has 1 aliphatic rings. The van der Waals surface area contributed by atoms with Crippen LogP contribution in [0.4, 0.5) is 5.69 Å². The van der Waals surface area contributed by atoms with Gasteiger partial charge in [0.1, 0.15) is 6.04 Å². The van der Waals surface area contributed by atoms with Crippen LogP contribution in [-0.2, 0) is 20.9 Å². The van der Waals surface area contributed by atoms with Crippen LogP contribution in [0.1, 0.15) is 18.4 Å². The summed E-state index contributed by atoms with van der Waals surface area (Å²) in [5, 5.41) is 3.43. The Morgan fingerprint density at radius 3 is 2.55 bits per heavy atom. The number of hydrogen-bond donors (Lipinski definition) is 1. The Hall–Kier alpha value is -2.81. The molecular weight excluding hydrogens is 388 g/mol. The molecule has 1 N–H and O–H groups in total. The Kier molecular flexibility index (Phi) is 7.29. The smallest absolute Gasteiger partial charge is 0.303 e. The number of hydrogen-bond acceptors (Lipinski definition) is 3. The average Bonchev–Trinajstić information content (AvgIpc) is 2.76. The average molecular weight is 411 g/mol. The van der Waals surface area contributed by atoms with E-state index in [1.807, 2.05) is 30.3 Å². The predicted molar refractivity (Wildman–Crippen MR) is 113 cm³/mol. The summed E-state index contributed by atoms with van der Waals surface area (Å²) < 4.78 is 5.45. The minimum atomic E-state index is -0.746. The maximum Gasteiger partial charge on any atom is 0.303 e. The number of nitrogens with one attached hydrogen (secondary N) is 1. The summed E-state index contributed by atoms with van der Waals surface area (Å²) in [6.07, 6.45) is 6.78. The van der Waals surface area contributed by atoms with Gasteiger partial charge in [-0.1, -0.05) is 48.0 Å². The lowest BCUT2D eigenvalue weighted by Gasteiger charge is -2.37. The molecule has 3 rings (SSSR count). The molecule has 1 atom stereocenters. The molecule has 2 aromatic rings. The van der Waals surface area contributed by atoms with Crippen LogP contribution in [-0.4, -0.2) is 31.1 Å². The molecule has 6 heteroatoms. The maximum absolute atomic E-state index is 13.3. The van der Waals surface area contributed by atoms with E-state index in [1.54, 1.807) is 24.3 Å². The Morgan fingerprint density at radius 1 is 1.17 bits per heavy atom. The van der Waals surface area contributed by atoms with Crippen molar-refractivity contribution in [1.82, 2.24) is 5.32 Å². The Balaban J connectivity index is 1.92. The SMILES string of the molecule is C#CC(=O)N(c1cccc(Cl)c1)C(C(=O)NCc1ccccc1)C1CCOCC1. The van der Waals surface area contributed by atoms with Crippen LogP contribution in [0.25, 0.3) is 0 Å². The highest BCUT2D eigenvalue weighted by Gasteiger charge is 2.37. The third kappa shape index (κ3) is 5.38. The van der Waals surface area contributed by atoms with E-state index in [0.29, 0.717) is 43.3 Å². The van der Waals surface area contributed by atoms with Crippen molar-refractivity contribution >= 4 is 29.1 Å². The van der Waals surface area contributed by atoms with Gasteiger partial charge in [0, 0.05) is 30.5 Å². The van der Waals surface area contributed by atoms with Crippen molar-refractivity contribution < 1.29 is 14.3 Å². The molecule has 1 fully saturated rings. The number of carbonyl (C=O) groups excluding carboxylic acids is 2. The highest BCUT2D eigenvalue weighted by Crippen LogP contribution is 2.29. The summed E-state index contributed by atoms with van der Waals surface area (Å²) in [6, 6.07) is 15.7. The Morgan fingerprint density at radius 2 is 1.90 bits per heavy atom. The molecule has 0 radical (unpaired) electrons. The van der Waals surface area contributed by atoms with E-state index < -0.39 is 11.9 Å². The summed E-state index contributed by atoms with van der Waals surface area (Å²) in [4.78, 5) is 27.4. The number of ether oxygens (including phenoxy) is 1. The summed E-state index contributed by atoms with van der Waals surface area (Å²) in [5.74, 6) is 1.27.